The summed E-state index contributed by atoms with van der Waals surface area (Å²) in [5, 5.41) is 0. The van der Waals surface area contributed by atoms with E-state index in [1.165, 1.54) is 12.8 Å². The first-order valence-corrected chi connectivity index (χ1v) is 9.79. The summed E-state index contributed by atoms with van der Waals surface area (Å²) in [6, 6.07) is 0. The van der Waals surface area contributed by atoms with E-state index < -0.39 is 0 Å². The highest BCUT2D eigenvalue weighted by Crippen LogP contribution is 2.32. The van der Waals surface area contributed by atoms with Crippen molar-refractivity contribution in [2.45, 2.75) is 38.1 Å². The monoisotopic (exact) mass is 337 g/mol. The Balaban J connectivity index is 1.52. The van der Waals surface area contributed by atoms with E-state index in [9.17, 15) is 4.79 Å². The molecule has 1 aliphatic heterocycles. The summed E-state index contributed by atoms with van der Waals surface area (Å²) in [5.41, 5.74) is 0. The predicted molar refractivity (Wildman–Crippen MR) is 92.7 cm³/mol. The maximum atomic E-state index is 12.4. The molecule has 6 heteroatoms. The van der Waals surface area contributed by atoms with Crippen LogP contribution in [0.25, 0.3) is 0 Å². The minimum absolute atomic E-state index is 0.301. The molecule has 2 fully saturated rings. The largest absolute Gasteiger partial charge is 0.383 e. The van der Waals surface area contributed by atoms with Crippen molar-refractivity contribution in [2.75, 3.05) is 38.3 Å². The number of imidazole rings is 1. The van der Waals surface area contributed by atoms with Gasteiger partial charge in [0.2, 0.25) is 5.91 Å². The van der Waals surface area contributed by atoms with Crippen molar-refractivity contribution in [1.29, 1.82) is 0 Å². The van der Waals surface area contributed by atoms with Crippen LogP contribution in [0.4, 0.5) is 0 Å². The number of carbonyl (C=O) groups excluding carboxylic acids is 1. The van der Waals surface area contributed by atoms with Crippen molar-refractivity contribution in [3.8, 4) is 0 Å². The summed E-state index contributed by atoms with van der Waals surface area (Å²) in [6.45, 7) is 3.23. The summed E-state index contributed by atoms with van der Waals surface area (Å²) in [7, 11) is 1.72. The minimum Gasteiger partial charge on any atom is -0.383 e. The number of thioether (sulfide) groups is 1. The molecule has 1 aromatic heterocycles. The molecule has 1 atom stereocenters. The average molecular weight is 337 g/mol. The van der Waals surface area contributed by atoms with Crippen LogP contribution in [0.2, 0.25) is 0 Å². The van der Waals surface area contributed by atoms with Gasteiger partial charge in [0, 0.05) is 45.1 Å². The highest BCUT2D eigenvalue weighted by atomic mass is 32.2. The van der Waals surface area contributed by atoms with Gasteiger partial charge >= 0.3 is 0 Å². The first-order chi connectivity index (χ1) is 11.3. The zero-order valence-electron chi connectivity index (χ0n) is 13.9. The molecule has 1 saturated carbocycles. The Morgan fingerprint density at radius 2 is 2.30 bits per heavy atom. The average Bonchev–Trinajstić information content (AvgIpc) is 3.28. The third-order valence-corrected chi connectivity index (χ3v) is 5.86. The van der Waals surface area contributed by atoms with Gasteiger partial charge in [-0.2, -0.15) is 11.8 Å². The van der Waals surface area contributed by atoms with Gasteiger partial charge in [-0.3, -0.25) is 4.79 Å². The number of ether oxygens (including phenoxy) is 1. The smallest absolute Gasteiger partial charge is 0.232 e. The highest BCUT2D eigenvalue weighted by Gasteiger charge is 2.28. The van der Waals surface area contributed by atoms with Crippen LogP contribution in [-0.4, -0.2) is 58.7 Å². The first kappa shape index (κ1) is 16.8. The molecule has 5 nitrogen and oxygen atoms in total. The van der Waals surface area contributed by atoms with Gasteiger partial charge in [-0.05, 0) is 37.4 Å². The van der Waals surface area contributed by atoms with E-state index in [4.69, 9.17) is 4.74 Å². The van der Waals surface area contributed by atoms with E-state index in [0.717, 1.165) is 50.0 Å². The lowest BCUT2D eigenvalue weighted by atomic mass is 9.97. The summed E-state index contributed by atoms with van der Waals surface area (Å²) in [6.07, 6.45) is 8.77. The fourth-order valence-corrected chi connectivity index (χ4v) is 4.30. The Morgan fingerprint density at radius 1 is 1.43 bits per heavy atom. The van der Waals surface area contributed by atoms with Gasteiger partial charge in [-0.25, -0.2) is 4.98 Å². The second-order valence-corrected chi connectivity index (χ2v) is 7.64. The Labute approximate surface area is 142 Å². The van der Waals surface area contributed by atoms with Crippen LogP contribution < -0.4 is 0 Å². The molecule has 2 aliphatic rings. The maximum Gasteiger partial charge on any atom is 0.232 e. The van der Waals surface area contributed by atoms with Gasteiger partial charge in [0.05, 0.1) is 12.4 Å². The Hall–Kier alpha value is -1.01. The van der Waals surface area contributed by atoms with Crippen LogP contribution in [0.1, 0.15) is 37.4 Å². The maximum absolute atomic E-state index is 12.4. The summed E-state index contributed by atoms with van der Waals surface area (Å²) >= 11 is 1.81. The molecular weight excluding hydrogens is 310 g/mol. The SMILES string of the molecule is COCCn1ccnc1[C@H]1CCCN(C(=O)CSCC2CC2)C1. The molecular formula is C17H27N3O2S. The van der Waals surface area contributed by atoms with Gasteiger partial charge in [0.25, 0.3) is 0 Å². The number of carbonyl (C=O) groups is 1. The van der Waals surface area contributed by atoms with Crippen molar-refractivity contribution in [2.24, 2.45) is 5.92 Å². The Bertz CT molecular complexity index is 516. The van der Waals surface area contributed by atoms with E-state index >= 15 is 0 Å². The molecule has 0 N–H and O–H groups in total. The number of rotatable bonds is 8. The van der Waals surface area contributed by atoms with Gasteiger partial charge in [0.15, 0.2) is 0 Å². The van der Waals surface area contributed by atoms with Crippen LogP contribution in [0.5, 0.6) is 0 Å². The summed E-state index contributed by atoms with van der Waals surface area (Å²) in [5.74, 6) is 4.44. The van der Waals surface area contributed by atoms with Gasteiger partial charge < -0.3 is 14.2 Å². The number of aromatic nitrogens is 2. The van der Waals surface area contributed by atoms with Crippen LogP contribution in [-0.2, 0) is 16.1 Å². The molecule has 3 rings (SSSR count). The third-order valence-electron chi connectivity index (χ3n) is 4.70. The molecule has 128 valence electrons. The standard InChI is InChI=1S/C17H27N3O2S/c1-22-10-9-19-8-6-18-17(19)15-3-2-7-20(11-15)16(21)13-23-12-14-4-5-14/h6,8,14-15H,2-5,7,9-13H2,1H3/t15-/m0/s1. The second-order valence-electron chi connectivity index (χ2n) is 6.61. The predicted octanol–water partition coefficient (Wildman–Crippen LogP) is 2.38. The number of likely N-dealkylation sites (tertiary alicyclic amines) is 1. The van der Waals surface area contributed by atoms with Crippen LogP contribution in [0.3, 0.4) is 0 Å². The first-order valence-electron chi connectivity index (χ1n) is 8.63. The number of amides is 1. The van der Waals surface area contributed by atoms with Crippen LogP contribution in [0, 0.1) is 5.92 Å². The number of nitrogens with zero attached hydrogens (tertiary/aromatic N) is 3. The van der Waals surface area contributed by atoms with Gasteiger partial charge in [0.1, 0.15) is 5.82 Å². The lowest BCUT2D eigenvalue weighted by Gasteiger charge is -2.32. The Morgan fingerprint density at radius 3 is 3.09 bits per heavy atom. The zero-order valence-corrected chi connectivity index (χ0v) is 14.8. The van der Waals surface area contributed by atoms with E-state index in [2.05, 4.69) is 9.55 Å². The number of hydrogen-bond acceptors (Lipinski definition) is 4. The molecule has 0 spiro atoms. The molecule has 0 radical (unpaired) electrons. The van der Waals surface area contributed by atoms with Gasteiger partial charge in [-0.1, -0.05) is 0 Å². The molecule has 1 saturated heterocycles. The summed E-state index contributed by atoms with van der Waals surface area (Å²) < 4.78 is 7.34. The van der Waals surface area contributed by atoms with Crippen LogP contribution in [0.15, 0.2) is 12.4 Å². The number of piperidine rings is 1. The topological polar surface area (TPSA) is 47.4 Å². The lowest BCUT2D eigenvalue weighted by molar-refractivity contribution is -0.129. The number of methoxy groups -OCH3 is 1. The molecule has 0 bridgehead atoms. The van der Waals surface area contributed by atoms with Crippen molar-refractivity contribution in [3.63, 3.8) is 0 Å². The second kappa shape index (κ2) is 8.20. The van der Waals surface area contributed by atoms with E-state index in [-0.39, 0.29) is 0 Å². The van der Waals surface area contributed by atoms with Crippen molar-refractivity contribution < 1.29 is 9.53 Å². The normalized spacial score (nSPS) is 21.6. The van der Waals surface area contributed by atoms with E-state index in [0.29, 0.717) is 24.2 Å². The molecule has 23 heavy (non-hydrogen) atoms. The minimum atomic E-state index is 0.301. The van der Waals surface area contributed by atoms with Crippen molar-refractivity contribution in [3.05, 3.63) is 18.2 Å². The fraction of sp³-hybridized carbons (Fsp3) is 0.765. The Kier molecular flexibility index (Phi) is 6.00. The van der Waals surface area contributed by atoms with Gasteiger partial charge in [-0.15, -0.1) is 0 Å². The molecule has 0 aromatic carbocycles. The molecule has 0 unspecified atom stereocenters. The number of hydrogen-bond donors (Lipinski definition) is 0. The van der Waals surface area contributed by atoms with E-state index in [1.807, 2.05) is 29.1 Å². The zero-order chi connectivity index (χ0) is 16.1. The van der Waals surface area contributed by atoms with Crippen LogP contribution >= 0.6 is 11.8 Å². The molecule has 1 aromatic rings. The third kappa shape index (κ3) is 4.73. The lowest BCUT2D eigenvalue weighted by Crippen LogP contribution is -2.40. The highest BCUT2D eigenvalue weighted by molar-refractivity contribution is 7.99. The fourth-order valence-electron chi connectivity index (χ4n) is 3.16. The molecule has 1 amide bonds. The molecule has 2 heterocycles. The molecule has 1 aliphatic carbocycles. The summed E-state index contributed by atoms with van der Waals surface area (Å²) in [4.78, 5) is 19.0. The quantitative estimate of drug-likeness (QED) is 0.731. The van der Waals surface area contributed by atoms with Crippen molar-refractivity contribution >= 4 is 17.7 Å². The van der Waals surface area contributed by atoms with E-state index in [1.54, 1.807) is 7.11 Å². The van der Waals surface area contributed by atoms with Crippen molar-refractivity contribution in [1.82, 2.24) is 14.5 Å².